The van der Waals surface area contributed by atoms with Gasteiger partial charge >= 0.3 is 19.8 Å². The van der Waals surface area contributed by atoms with Crippen LogP contribution < -0.4 is 0 Å². The van der Waals surface area contributed by atoms with Crippen LogP contribution in [0.5, 0.6) is 0 Å². The number of carbonyl (C=O) groups is 2. The molecule has 0 spiro atoms. The van der Waals surface area contributed by atoms with E-state index in [1.807, 2.05) is 6.08 Å². The molecule has 48 heavy (non-hydrogen) atoms. The van der Waals surface area contributed by atoms with E-state index in [4.69, 9.17) is 19.3 Å². The molecule has 0 heterocycles. The van der Waals surface area contributed by atoms with Crippen molar-refractivity contribution >= 4 is 19.8 Å². The van der Waals surface area contributed by atoms with Crippen molar-refractivity contribution in [2.75, 3.05) is 13.2 Å². The van der Waals surface area contributed by atoms with Gasteiger partial charge in [-0.3, -0.25) is 14.1 Å². The number of hydrogen-bond acceptors (Lipinski definition) is 6. The lowest BCUT2D eigenvalue weighted by molar-refractivity contribution is -0.161. The Bertz CT molecular complexity index is 963. The fourth-order valence-corrected chi connectivity index (χ4v) is 5.07. The van der Waals surface area contributed by atoms with Crippen molar-refractivity contribution in [3.05, 3.63) is 60.8 Å². The zero-order chi connectivity index (χ0) is 35.4. The van der Waals surface area contributed by atoms with Crippen LogP contribution in [0, 0.1) is 0 Å². The molecule has 0 rings (SSSR count). The van der Waals surface area contributed by atoms with E-state index in [0.717, 1.165) is 51.4 Å². The lowest BCUT2D eigenvalue weighted by Crippen LogP contribution is -2.29. The Morgan fingerprint density at radius 2 is 0.958 bits per heavy atom. The topological polar surface area (TPSA) is 119 Å². The van der Waals surface area contributed by atoms with E-state index in [0.29, 0.717) is 19.3 Å². The average Bonchev–Trinajstić information content (AvgIpc) is 3.05. The molecule has 2 N–H and O–H groups in total. The summed E-state index contributed by atoms with van der Waals surface area (Å²) in [5.41, 5.74) is 0. The van der Waals surface area contributed by atoms with Crippen LogP contribution in [0.1, 0.15) is 155 Å². The van der Waals surface area contributed by atoms with Gasteiger partial charge in [0.05, 0.1) is 6.61 Å². The minimum atomic E-state index is -4.77. The summed E-state index contributed by atoms with van der Waals surface area (Å²) in [5, 5.41) is 0. The molecule has 0 aliphatic heterocycles. The van der Waals surface area contributed by atoms with E-state index in [2.05, 4.69) is 73.1 Å². The first kappa shape index (κ1) is 45.8. The Morgan fingerprint density at radius 1 is 0.542 bits per heavy atom. The van der Waals surface area contributed by atoms with Crippen LogP contribution in [0.3, 0.4) is 0 Å². The maximum Gasteiger partial charge on any atom is 0.469 e. The van der Waals surface area contributed by atoms with Crippen LogP contribution in [0.2, 0.25) is 0 Å². The second-order valence-electron chi connectivity index (χ2n) is 12.2. The number of unbranched alkanes of at least 4 members (excludes halogenated alkanes) is 13. The molecule has 0 aromatic heterocycles. The zero-order valence-corrected chi connectivity index (χ0v) is 31.0. The number of hydrogen-bond donors (Lipinski definition) is 2. The van der Waals surface area contributed by atoms with Crippen molar-refractivity contribution in [3.63, 3.8) is 0 Å². The standard InChI is InChI=1S/C39H67O8P/c1-3-5-7-9-11-13-15-17-18-19-20-22-24-26-28-30-32-34-39(41)47-37(36-46-48(42,43)44)35-45-38(40)33-31-29-27-25-23-21-16-14-12-10-8-6-4-2/h11,13-14,16-18,20,22,26,28,37H,3-10,12,15,19,21,23-25,27,29-36H2,1-2H3,(H2,42,43,44)/b13-11+,16-14+,18-17+,22-20+,28-26+/t37-/m1/s1. The molecule has 0 radical (unpaired) electrons. The summed E-state index contributed by atoms with van der Waals surface area (Å²) in [6.45, 7) is 3.56. The van der Waals surface area contributed by atoms with Crippen molar-refractivity contribution < 1.29 is 37.9 Å². The molecule has 0 fully saturated rings. The Balaban J connectivity index is 4.11. The highest BCUT2D eigenvalue weighted by atomic mass is 31.2. The molecule has 0 saturated carbocycles. The fourth-order valence-electron chi connectivity index (χ4n) is 4.71. The summed E-state index contributed by atoms with van der Waals surface area (Å²) >= 11 is 0. The Kier molecular flexibility index (Phi) is 33.0. The predicted molar refractivity (Wildman–Crippen MR) is 197 cm³/mol. The third kappa shape index (κ3) is 36.6. The molecule has 0 aromatic rings. The van der Waals surface area contributed by atoms with Crippen molar-refractivity contribution in [1.82, 2.24) is 0 Å². The predicted octanol–water partition coefficient (Wildman–Crippen LogP) is 11.0. The number of phosphoric ester groups is 1. The largest absolute Gasteiger partial charge is 0.469 e. The molecule has 0 aliphatic carbocycles. The normalized spacial score (nSPS) is 13.2. The third-order valence-corrected chi connectivity index (χ3v) is 7.99. The van der Waals surface area contributed by atoms with E-state index in [-0.39, 0.29) is 19.4 Å². The Labute approximate surface area is 292 Å². The first-order chi connectivity index (χ1) is 23.3. The van der Waals surface area contributed by atoms with Crippen LogP contribution in [0.15, 0.2) is 60.8 Å². The Morgan fingerprint density at radius 3 is 1.52 bits per heavy atom. The van der Waals surface area contributed by atoms with E-state index >= 15 is 0 Å². The summed E-state index contributed by atoms with van der Waals surface area (Å²) < 4.78 is 26.2. The van der Waals surface area contributed by atoms with Gasteiger partial charge in [-0.05, 0) is 77.0 Å². The number of esters is 2. The smallest absolute Gasteiger partial charge is 0.462 e. The second-order valence-corrected chi connectivity index (χ2v) is 13.4. The van der Waals surface area contributed by atoms with Gasteiger partial charge < -0.3 is 19.3 Å². The maximum atomic E-state index is 12.3. The summed E-state index contributed by atoms with van der Waals surface area (Å²) in [5.74, 6) is -0.966. The molecule has 276 valence electrons. The number of phosphoric acid groups is 1. The summed E-state index contributed by atoms with van der Waals surface area (Å²) in [7, 11) is -4.77. The molecular weight excluding hydrogens is 627 g/mol. The van der Waals surface area contributed by atoms with Crippen molar-refractivity contribution in [2.24, 2.45) is 0 Å². The van der Waals surface area contributed by atoms with Crippen LogP contribution in [-0.4, -0.2) is 41.0 Å². The van der Waals surface area contributed by atoms with Crippen LogP contribution in [0.4, 0.5) is 0 Å². The quantitative estimate of drug-likeness (QED) is 0.0301. The van der Waals surface area contributed by atoms with Gasteiger partial charge in [-0.1, -0.05) is 126 Å². The minimum absolute atomic E-state index is 0.132. The first-order valence-electron chi connectivity index (χ1n) is 18.6. The van der Waals surface area contributed by atoms with Gasteiger partial charge in [0.15, 0.2) is 6.10 Å². The Hall–Kier alpha value is -2.25. The van der Waals surface area contributed by atoms with Crippen LogP contribution >= 0.6 is 7.82 Å². The average molecular weight is 695 g/mol. The molecular formula is C39H67O8P. The second kappa shape index (κ2) is 34.6. The van der Waals surface area contributed by atoms with Crippen molar-refractivity contribution in [2.45, 2.75) is 161 Å². The highest BCUT2D eigenvalue weighted by Crippen LogP contribution is 2.35. The van der Waals surface area contributed by atoms with E-state index in [1.54, 1.807) is 0 Å². The lowest BCUT2D eigenvalue weighted by Gasteiger charge is -2.18. The van der Waals surface area contributed by atoms with Gasteiger partial charge in [0.25, 0.3) is 0 Å². The highest BCUT2D eigenvalue weighted by molar-refractivity contribution is 7.46. The third-order valence-electron chi connectivity index (χ3n) is 7.51. The molecule has 9 heteroatoms. The van der Waals surface area contributed by atoms with Crippen molar-refractivity contribution in [3.8, 4) is 0 Å². The fraction of sp³-hybridized carbons (Fsp3) is 0.692. The highest BCUT2D eigenvalue weighted by Gasteiger charge is 2.22. The molecule has 8 nitrogen and oxygen atoms in total. The van der Waals surface area contributed by atoms with Gasteiger partial charge in [0, 0.05) is 12.8 Å². The minimum Gasteiger partial charge on any atom is -0.462 e. The van der Waals surface area contributed by atoms with Gasteiger partial charge in [0.2, 0.25) is 0 Å². The number of carbonyl (C=O) groups excluding carboxylic acids is 2. The molecule has 0 bridgehead atoms. The zero-order valence-electron chi connectivity index (χ0n) is 30.1. The molecule has 1 atom stereocenters. The molecule has 0 unspecified atom stereocenters. The van der Waals surface area contributed by atoms with E-state index in [1.165, 1.54) is 57.8 Å². The lowest BCUT2D eigenvalue weighted by atomic mass is 10.1. The molecule has 0 saturated heterocycles. The van der Waals surface area contributed by atoms with Crippen LogP contribution in [0.25, 0.3) is 0 Å². The van der Waals surface area contributed by atoms with E-state index < -0.39 is 32.5 Å². The SMILES string of the molecule is CCCCC/C=C/C/C=C/C/C=C/C/C=C/CCCC(=O)O[C@H](COC(=O)CCCCCCC/C=C/CCCCCC)COP(=O)(O)O. The summed E-state index contributed by atoms with van der Waals surface area (Å²) in [6, 6.07) is 0. The number of rotatable bonds is 33. The summed E-state index contributed by atoms with van der Waals surface area (Å²) in [4.78, 5) is 42.6. The monoisotopic (exact) mass is 694 g/mol. The van der Waals surface area contributed by atoms with Crippen molar-refractivity contribution in [1.29, 1.82) is 0 Å². The number of ether oxygens (including phenoxy) is 2. The number of allylic oxidation sites excluding steroid dienone is 10. The van der Waals surface area contributed by atoms with Gasteiger partial charge in [-0.15, -0.1) is 0 Å². The van der Waals surface area contributed by atoms with Gasteiger partial charge in [-0.25, -0.2) is 4.57 Å². The molecule has 0 amide bonds. The summed E-state index contributed by atoms with van der Waals surface area (Å²) in [6.07, 6.45) is 42.3. The molecule has 0 aromatic carbocycles. The maximum absolute atomic E-state index is 12.3. The van der Waals surface area contributed by atoms with E-state index in [9.17, 15) is 14.2 Å². The first-order valence-corrected chi connectivity index (χ1v) is 20.1. The molecule has 0 aliphatic rings. The van der Waals surface area contributed by atoms with Crippen LogP contribution in [-0.2, 0) is 28.2 Å². The van der Waals surface area contributed by atoms with Gasteiger partial charge in [0.1, 0.15) is 6.61 Å². The van der Waals surface area contributed by atoms with Gasteiger partial charge in [-0.2, -0.15) is 0 Å².